The van der Waals surface area contributed by atoms with Crippen molar-refractivity contribution in [3.05, 3.63) is 71.3 Å². The average Bonchev–Trinajstić information content (AvgIpc) is 2.82. The summed E-state index contributed by atoms with van der Waals surface area (Å²) < 4.78 is 0. The Morgan fingerprint density at radius 1 is 1.12 bits per heavy atom. The Morgan fingerprint density at radius 2 is 1.88 bits per heavy atom. The molecule has 3 rings (SSSR count). The summed E-state index contributed by atoms with van der Waals surface area (Å²) in [5.74, 6) is -0.322. The SMILES string of the molecule is Cc1cccc(/C=N\N2C(=O)N[C@](C)(CCc3ccccc3)C2=O)c1. The molecule has 1 N–H and O–H groups in total. The molecule has 2 aromatic carbocycles. The van der Waals surface area contributed by atoms with Gasteiger partial charge in [-0.1, -0.05) is 60.2 Å². The van der Waals surface area contributed by atoms with Crippen LogP contribution in [0.4, 0.5) is 4.79 Å². The first-order valence-corrected chi connectivity index (χ1v) is 8.29. The summed E-state index contributed by atoms with van der Waals surface area (Å²) in [5.41, 5.74) is 2.14. The van der Waals surface area contributed by atoms with Crippen molar-refractivity contribution in [2.75, 3.05) is 0 Å². The van der Waals surface area contributed by atoms with E-state index in [1.165, 1.54) is 6.21 Å². The number of imide groups is 1. The lowest BCUT2D eigenvalue weighted by Crippen LogP contribution is -2.44. The first-order valence-electron chi connectivity index (χ1n) is 8.29. The zero-order chi connectivity index (χ0) is 17.9. The van der Waals surface area contributed by atoms with Gasteiger partial charge in [-0.2, -0.15) is 5.10 Å². The van der Waals surface area contributed by atoms with Crippen molar-refractivity contribution in [2.45, 2.75) is 32.2 Å². The maximum Gasteiger partial charge on any atom is 0.346 e. The number of nitrogens with zero attached hydrogens (tertiary/aromatic N) is 2. The highest BCUT2D eigenvalue weighted by molar-refractivity contribution is 6.07. The van der Waals surface area contributed by atoms with E-state index in [4.69, 9.17) is 0 Å². The lowest BCUT2D eigenvalue weighted by atomic mass is 9.93. The maximum absolute atomic E-state index is 12.7. The topological polar surface area (TPSA) is 61.8 Å². The lowest BCUT2D eigenvalue weighted by molar-refractivity contribution is -0.130. The summed E-state index contributed by atoms with van der Waals surface area (Å²) in [6.45, 7) is 3.73. The van der Waals surface area contributed by atoms with Gasteiger partial charge in [0.1, 0.15) is 5.54 Å². The molecule has 25 heavy (non-hydrogen) atoms. The van der Waals surface area contributed by atoms with Crippen LogP contribution in [-0.4, -0.2) is 28.7 Å². The molecule has 1 saturated heterocycles. The molecule has 0 aliphatic carbocycles. The number of urea groups is 1. The van der Waals surface area contributed by atoms with E-state index in [1.54, 1.807) is 6.92 Å². The molecule has 0 radical (unpaired) electrons. The van der Waals surface area contributed by atoms with Crippen molar-refractivity contribution < 1.29 is 9.59 Å². The largest absolute Gasteiger partial charge is 0.346 e. The number of amides is 3. The first kappa shape index (κ1) is 16.9. The molecule has 1 heterocycles. The second-order valence-corrected chi connectivity index (χ2v) is 6.52. The van der Waals surface area contributed by atoms with Crippen LogP contribution < -0.4 is 5.32 Å². The van der Waals surface area contributed by atoms with Crippen molar-refractivity contribution in [2.24, 2.45) is 5.10 Å². The van der Waals surface area contributed by atoms with Gasteiger partial charge in [-0.25, -0.2) is 4.79 Å². The van der Waals surface area contributed by atoms with Crippen molar-refractivity contribution in [1.29, 1.82) is 0 Å². The lowest BCUT2D eigenvalue weighted by Gasteiger charge is -2.20. The first-order chi connectivity index (χ1) is 12.0. The highest BCUT2D eigenvalue weighted by Crippen LogP contribution is 2.23. The van der Waals surface area contributed by atoms with Gasteiger partial charge in [0.2, 0.25) is 0 Å². The summed E-state index contributed by atoms with van der Waals surface area (Å²) in [4.78, 5) is 24.9. The molecule has 1 fully saturated rings. The van der Waals surface area contributed by atoms with Gasteiger partial charge < -0.3 is 5.32 Å². The molecule has 0 bridgehead atoms. The number of hydrogen-bond donors (Lipinski definition) is 1. The van der Waals surface area contributed by atoms with Crippen LogP contribution in [0, 0.1) is 6.92 Å². The Morgan fingerprint density at radius 3 is 2.60 bits per heavy atom. The molecule has 0 spiro atoms. The van der Waals surface area contributed by atoms with Gasteiger partial charge in [0.25, 0.3) is 5.91 Å². The zero-order valence-corrected chi connectivity index (χ0v) is 14.4. The van der Waals surface area contributed by atoms with Gasteiger partial charge in [0.15, 0.2) is 0 Å². The van der Waals surface area contributed by atoms with Crippen LogP contribution in [0.3, 0.4) is 0 Å². The van der Waals surface area contributed by atoms with E-state index >= 15 is 0 Å². The number of hydrazone groups is 1. The maximum atomic E-state index is 12.7. The minimum absolute atomic E-state index is 0.322. The molecule has 1 atom stereocenters. The van der Waals surface area contributed by atoms with Crippen LogP contribution in [0.15, 0.2) is 59.7 Å². The van der Waals surface area contributed by atoms with Crippen LogP contribution in [0.1, 0.15) is 30.0 Å². The van der Waals surface area contributed by atoms with Crippen LogP contribution in [0.2, 0.25) is 0 Å². The van der Waals surface area contributed by atoms with Crippen LogP contribution in [-0.2, 0) is 11.2 Å². The number of benzene rings is 2. The van der Waals surface area contributed by atoms with E-state index in [0.29, 0.717) is 12.8 Å². The third-order valence-electron chi connectivity index (χ3n) is 4.36. The molecular weight excluding hydrogens is 314 g/mol. The number of aryl methyl sites for hydroxylation is 2. The van der Waals surface area contributed by atoms with Gasteiger partial charge in [0, 0.05) is 0 Å². The standard InChI is InChI=1S/C20H21N3O2/c1-15-7-6-10-17(13-15)14-21-23-18(24)20(2,22-19(23)25)12-11-16-8-4-3-5-9-16/h3-10,13-14H,11-12H2,1-2H3,(H,22,25)/b21-14-/t20-/m1/s1. The van der Waals surface area contributed by atoms with Crippen molar-refractivity contribution in [3.8, 4) is 0 Å². The fourth-order valence-electron chi connectivity index (χ4n) is 2.86. The highest BCUT2D eigenvalue weighted by atomic mass is 16.2. The Kier molecular flexibility index (Phi) is 4.65. The van der Waals surface area contributed by atoms with E-state index in [0.717, 1.165) is 21.7 Å². The van der Waals surface area contributed by atoms with Crippen LogP contribution in [0.25, 0.3) is 0 Å². The van der Waals surface area contributed by atoms with Crippen LogP contribution in [0.5, 0.6) is 0 Å². The van der Waals surface area contributed by atoms with Gasteiger partial charge >= 0.3 is 6.03 Å². The molecule has 0 unspecified atom stereocenters. The van der Waals surface area contributed by atoms with E-state index in [2.05, 4.69) is 10.4 Å². The second-order valence-electron chi connectivity index (χ2n) is 6.52. The zero-order valence-electron chi connectivity index (χ0n) is 14.4. The average molecular weight is 335 g/mol. The van der Waals surface area contributed by atoms with Gasteiger partial charge in [-0.3, -0.25) is 4.79 Å². The van der Waals surface area contributed by atoms with Gasteiger partial charge in [-0.15, -0.1) is 5.01 Å². The Labute approximate surface area is 147 Å². The monoisotopic (exact) mass is 335 g/mol. The molecule has 128 valence electrons. The molecule has 5 heteroatoms. The van der Waals surface area contributed by atoms with Crippen molar-refractivity contribution in [3.63, 3.8) is 0 Å². The quantitative estimate of drug-likeness (QED) is 0.673. The summed E-state index contributed by atoms with van der Waals surface area (Å²) in [6.07, 6.45) is 2.77. The normalized spacial score (nSPS) is 20.3. The summed E-state index contributed by atoms with van der Waals surface area (Å²) in [7, 11) is 0. The molecular formula is C20H21N3O2. The van der Waals surface area contributed by atoms with Crippen molar-refractivity contribution in [1.82, 2.24) is 10.3 Å². The summed E-state index contributed by atoms with van der Waals surface area (Å²) in [5, 5.41) is 7.79. The number of hydrogen-bond acceptors (Lipinski definition) is 3. The molecule has 5 nitrogen and oxygen atoms in total. The Balaban J connectivity index is 1.70. The van der Waals surface area contributed by atoms with E-state index in [1.807, 2.05) is 61.5 Å². The number of nitrogens with one attached hydrogen (secondary N) is 1. The summed E-state index contributed by atoms with van der Waals surface area (Å²) in [6, 6.07) is 17.1. The van der Waals surface area contributed by atoms with E-state index in [-0.39, 0.29) is 5.91 Å². The molecule has 0 saturated carbocycles. The predicted molar refractivity (Wildman–Crippen MR) is 97.3 cm³/mol. The van der Waals surface area contributed by atoms with E-state index in [9.17, 15) is 9.59 Å². The highest BCUT2D eigenvalue weighted by Gasteiger charge is 2.47. The molecule has 1 aliphatic heterocycles. The fraction of sp³-hybridized carbons (Fsp3) is 0.250. The molecule has 2 aromatic rings. The minimum Gasteiger partial charge on any atom is -0.322 e. The van der Waals surface area contributed by atoms with E-state index < -0.39 is 11.6 Å². The Bertz CT molecular complexity index is 817. The summed E-state index contributed by atoms with van der Waals surface area (Å²) >= 11 is 0. The smallest absolute Gasteiger partial charge is 0.322 e. The Hall–Kier alpha value is -2.95. The van der Waals surface area contributed by atoms with Crippen LogP contribution >= 0.6 is 0 Å². The third-order valence-corrected chi connectivity index (χ3v) is 4.36. The molecule has 1 aliphatic rings. The van der Waals surface area contributed by atoms with Gasteiger partial charge in [0.05, 0.1) is 6.21 Å². The molecule has 3 amide bonds. The number of rotatable bonds is 5. The fourth-order valence-corrected chi connectivity index (χ4v) is 2.86. The number of carbonyl (C=O) groups excluding carboxylic acids is 2. The number of carbonyl (C=O) groups is 2. The minimum atomic E-state index is -0.934. The predicted octanol–water partition coefficient (Wildman–Crippen LogP) is 3.27. The molecule has 0 aromatic heterocycles. The third kappa shape index (κ3) is 3.76. The van der Waals surface area contributed by atoms with Crippen molar-refractivity contribution >= 4 is 18.2 Å². The second kappa shape index (κ2) is 6.89. The van der Waals surface area contributed by atoms with Gasteiger partial charge in [-0.05, 0) is 37.8 Å².